The van der Waals surface area contributed by atoms with Gasteiger partial charge in [0.15, 0.2) is 0 Å². The molecule has 1 aliphatic carbocycles. The molecule has 0 radical (unpaired) electrons. The number of nitrogens with zero attached hydrogens (tertiary/aromatic N) is 3. The van der Waals surface area contributed by atoms with Gasteiger partial charge in [-0.25, -0.2) is 0 Å². The largest absolute Gasteiger partial charge is 0.354 e. The lowest BCUT2D eigenvalue weighted by molar-refractivity contribution is -0.122. The molecule has 1 heterocycles. The average Bonchev–Trinajstić information content (AvgIpc) is 2.73. The fourth-order valence-corrected chi connectivity index (χ4v) is 4.12. The highest BCUT2D eigenvalue weighted by molar-refractivity contribution is 5.83. The van der Waals surface area contributed by atoms with E-state index in [1.54, 1.807) is 0 Å². The third kappa shape index (κ3) is 3.82. The first kappa shape index (κ1) is 19.0. The van der Waals surface area contributed by atoms with Crippen LogP contribution in [0.3, 0.4) is 0 Å². The first-order valence-electron chi connectivity index (χ1n) is 9.24. The summed E-state index contributed by atoms with van der Waals surface area (Å²) in [6.07, 6.45) is 7.47. The van der Waals surface area contributed by atoms with Crippen LogP contribution >= 0.6 is 0 Å². The summed E-state index contributed by atoms with van der Waals surface area (Å²) in [7, 11) is 6.23. The maximum absolute atomic E-state index is 12.8. The van der Waals surface area contributed by atoms with E-state index in [2.05, 4.69) is 29.4 Å². The molecule has 1 saturated carbocycles. The summed E-state index contributed by atoms with van der Waals surface area (Å²) >= 11 is 0. The molecule has 24 heavy (non-hydrogen) atoms. The molecule has 5 nitrogen and oxygen atoms in total. The Bertz CT molecular complexity index is 568. The fourth-order valence-electron chi connectivity index (χ4n) is 4.12. The number of carbonyl (C=O) groups is 1. The van der Waals surface area contributed by atoms with E-state index >= 15 is 0 Å². The van der Waals surface area contributed by atoms with Crippen molar-refractivity contribution in [2.24, 2.45) is 7.05 Å². The van der Waals surface area contributed by atoms with E-state index in [9.17, 15) is 4.79 Å². The van der Waals surface area contributed by atoms with Gasteiger partial charge in [-0.05, 0) is 47.7 Å². The van der Waals surface area contributed by atoms with Crippen molar-refractivity contribution in [2.45, 2.75) is 70.8 Å². The number of likely N-dealkylation sites (N-methyl/N-ethyl adjacent to an activating group) is 1. The Labute approximate surface area is 146 Å². The molecular formula is C19H34N4O. The second-order valence-electron chi connectivity index (χ2n) is 7.68. The van der Waals surface area contributed by atoms with Crippen molar-refractivity contribution >= 4 is 5.91 Å². The van der Waals surface area contributed by atoms with Crippen molar-refractivity contribution < 1.29 is 4.79 Å². The molecule has 5 heteroatoms. The molecule has 1 aromatic heterocycles. The van der Waals surface area contributed by atoms with Crippen LogP contribution in [0.2, 0.25) is 0 Å². The van der Waals surface area contributed by atoms with Crippen LogP contribution in [0.4, 0.5) is 0 Å². The Morgan fingerprint density at radius 1 is 1.25 bits per heavy atom. The predicted molar refractivity (Wildman–Crippen MR) is 98.2 cm³/mol. The first-order valence-corrected chi connectivity index (χ1v) is 9.24. The molecule has 0 aliphatic heterocycles. The molecular weight excluding hydrogens is 300 g/mol. The van der Waals surface area contributed by atoms with Gasteiger partial charge in [0.1, 0.15) is 0 Å². The molecule has 0 unspecified atom stereocenters. The summed E-state index contributed by atoms with van der Waals surface area (Å²) in [5.74, 6) is -0.0524. The molecule has 1 aliphatic rings. The molecule has 0 saturated heterocycles. The molecule has 0 bridgehead atoms. The van der Waals surface area contributed by atoms with Crippen LogP contribution in [0, 0.1) is 13.8 Å². The highest BCUT2D eigenvalue weighted by atomic mass is 16.1. The van der Waals surface area contributed by atoms with E-state index in [1.807, 2.05) is 32.5 Å². The van der Waals surface area contributed by atoms with E-state index in [0.717, 1.165) is 23.5 Å². The predicted octanol–water partition coefficient (Wildman–Crippen LogP) is 2.91. The van der Waals surface area contributed by atoms with Crippen LogP contribution in [-0.2, 0) is 11.8 Å². The van der Waals surface area contributed by atoms with Gasteiger partial charge in [-0.1, -0.05) is 25.7 Å². The number of aryl methyl sites for hydroxylation is 2. The van der Waals surface area contributed by atoms with Crippen molar-refractivity contribution in [1.82, 2.24) is 20.0 Å². The van der Waals surface area contributed by atoms with Gasteiger partial charge in [0.2, 0.25) is 5.91 Å². The van der Waals surface area contributed by atoms with Crippen molar-refractivity contribution in [2.75, 3.05) is 20.6 Å². The zero-order valence-corrected chi connectivity index (χ0v) is 16.3. The third-order valence-corrected chi connectivity index (χ3v) is 5.97. The molecule has 1 atom stereocenters. The van der Waals surface area contributed by atoms with Gasteiger partial charge in [-0.15, -0.1) is 0 Å². The minimum absolute atomic E-state index is 0.102. The normalized spacial score (nSPS) is 19.1. The van der Waals surface area contributed by atoms with Gasteiger partial charge in [-0.3, -0.25) is 9.48 Å². The van der Waals surface area contributed by atoms with Crippen molar-refractivity contribution in [3.8, 4) is 0 Å². The lowest BCUT2D eigenvalue weighted by atomic mass is 9.88. The van der Waals surface area contributed by atoms with Crippen molar-refractivity contribution in [3.63, 3.8) is 0 Å². The summed E-state index contributed by atoms with van der Waals surface area (Å²) in [6.45, 7) is 6.74. The lowest BCUT2D eigenvalue weighted by Gasteiger charge is -2.40. The average molecular weight is 335 g/mol. The van der Waals surface area contributed by atoms with Crippen molar-refractivity contribution in [1.29, 1.82) is 0 Å². The highest BCUT2D eigenvalue weighted by Gasteiger charge is 2.34. The Morgan fingerprint density at radius 2 is 1.83 bits per heavy atom. The van der Waals surface area contributed by atoms with Gasteiger partial charge in [-0.2, -0.15) is 5.10 Å². The fraction of sp³-hybridized carbons (Fsp3) is 0.789. The zero-order chi connectivity index (χ0) is 17.9. The topological polar surface area (TPSA) is 50.2 Å². The van der Waals surface area contributed by atoms with Gasteiger partial charge in [0, 0.05) is 30.4 Å². The van der Waals surface area contributed by atoms with Crippen LogP contribution in [-0.4, -0.2) is 46.8 Å². The third-order valence-electron chi connectivity index (χ3n) is 5.97. The standard InChI is InChI=1S/C19H34N4O/c1-14(17-15(2)21-23(6)16(17)3)18(24)20-13-19(22(4)5)11-9-7-8-10-12-19/h14H,7-13H2,1-6H3,(H,20,24)/t14-/m0/s1. The Balaban J connectivity index is 2.07. The SMILES string of the molecule is Cc1nn(C)c(C)c1[C@H](C)C(=O)NCC1(N(C)C)CCCCCC1. The number of carbonyl (C=O) groups excluding carboxylic acids is 1. The molecule has 136 valence electrons. The monoisotopic (exact) mass is 334 g/mol. The van der Waals surface area contributed by atoms with E-state index in [4.69, 9.17) is 0 Å². The van der Waals surface area contributed by atoms with Gasteiger partial charge < -0.3 is 10.2 Å². The number of hydrogen-bond donors (Lipinski definition) is 1. The summed E-state index contributed by atoms with van der Waals surface area (Å²) in [6, 6.07) is 0. The smallest absolute Gasteiger partial charge is 0.227 e. The molecule has 1 fully saturated rings. The number of hydrogen-bond acceptors (Lipinski definition) is 3. The maximum atomic E-state index is 12.8. The second-order valence-corrected chi connectivity index (χ2v) is 7.68. The van der Waals surface area contributed by atoms with Gasteiger partial charge >= 0.3 is 0 Å². The minimum Gasteiger partial charge on any atom is -0.354 e. The van der Waals surface area contributed by atoms with E-state index in [0.29, 0.717) is 0 Å². The van der Waals surface area contributed by atoms with Gasteiger partial charge in [0.05, 0.1) is 11.6 Å². The highest BCUT2D eigenvalue weighted by Crippen LogP contribution is 2.31. The van der Waals surface area contributed by atoms with Crippen LogP contribution in [0.15, 0.2) is 0 Å². The maximum Gasteiger partial charge on any atom is 0.227 e. The summed E-state index contributed by atoms with van der Waals surface area (Å²) < 4.78 is 1.86. The molecule has 0 spiro atoms. The molecule has 1 aromatic rings. The summed E-state index contributed by atoms with van der Waals surface area (Å²) in [5.41, 5.74) is 3.20. The van der Waals surface area contributed by atoms with Crippen LogP contribution in [0.25, 0.3) is 0 Å². The Kier molecular flexibility index (Phi) is 6.07. The summed E-state index contributed by atoms with van der Waals surface area (Å²) in [5, 5.41) is 7.69. The van der Waals surface area contributed by atoms with Crippen LogP contribution in [0.1, 0.15) is 68.3 Å². The van der Waals surface area contributed by atoms with E-state index < -0.39 is 0 Å². The zero-order valence-electron chi connectivity index (χ0n) is 16.3. The quantitative estimate of drug-likeness (QED) is 0.842. The van der Waals surface area contributed by atoms with Crippen LogP contribution < -0.4 is 5.32 Å². The Morgan fingerprint density at radius 3 is 2.29 bits per heavy atom. The van der Waals surface area contributed by atoms with Gasteiger partial charge in [0.25, 0.3) is 0 Å². The summed E-state index contributed by atoms with van der Waals surface area (Å²) in [4.78, 5) is 15.1. The molecule has 1 amide bonds. The number of amides is 1. The molecule has 2 rings (SSSR count). The first-order chi connectivity index (χ1) is 11.3. The number of rotatable bonds is 5. The van der Waals surface area contributed by atoms with Crippen LogP contribution in [0.5, 0.6) is 0 Å². The second kappa shape index (κ2) is 7.68. The number of nitrogens with one attached hydrogen (secondary N) is 1. The Hall–Kier alpha value is -1.36. The van der Waals surface area contributed by atoms with E-state index in [1.165, 1.54) is 38.5 Å². The number of aromatic nitrogens is 2. The molecule has 1 N–H and O–H groups in total. The molecule has 0 aromatic carbocycles. The van der Waals surface area contributed by atoms with Crippen molar-refractivity contribution in [3.05, 3.63) is 17.0 Å². The minimum atomic E-state index is -0.163. The lowest BCUT2D eigenvalue weighted by Crippen LogP contribution is -2.53. The van der Waals surface area contributed by atoms with E-state index in [-0.39, 0.29) is 17.4 Å².